The van der Waals surface area contributed by atoms with E-state index in [2.05, 4.69) is 26.9 Å². The molecule has 2 aliphatic rings. The second kappa shape index (κ2) is 15.0. The van der Waals surface area contributed by atoms with Crippen molar-refractivity contribution in [1.82, 2.24) is 25.8 Å². The van der Waals surface area contributed by atoms with Gasteiger partial charge in [-0.05, 0) is 41.3 Å². The Morgan fingerprint density at radius 2 is 1.60 bits per heavy atom. The number of nitrogens with zero attached hydrogens (tertiary/aromatic N) is 2. The molecule has 45 heavy (non-hydrogen) atoms. The summed E-state index contributed by atoms with van der Waals surface area (Å²) < 4.78 is 14.9. The average molecular weight is 634 g/mol. The molecule has 1 unspecified atom stereocenters. The Hall–Kier alpha value is -3.79. The lowest BCUT2D eigenvalue weighted by Crippen LogP contribution is -2.58. The molecule has 2 heterocycles. The van der Waals surface area contributed by atoms with Crippen molar-refractivity contribution in [2.75, 3.05) is 32.7 Å². The van der Waals surface area contributed by atoms with Crippen LogP contribution < -0.4 is 16.0 Å². The number of benzene rings is 3. The molecule has 1 fully saturated rings. The van der Waals surface area contributed by atoms with Crippen LogP contribution in [0.25, 0.3) is 0 Å². The van der Waals surface area contributed by atoms with Gasteiger partial charge >= 0.3 is 0 Å². The zero-order chi connectivity index (χ0) is 31.9. The molecule has 3 amide bonds. The molecule has 5 rings (SSSR count). The molecule has 0 radical (unpaired) electrons. The Balaban J connectivity index is 1.28. The first-order valence-corrected chi connectivity index (χ1v) is 16.0. The Kier molecular flexibility index (Phi) is 10.9. The van der Waals surface area contributed by atoms with Gasteiger partial charge in [-0.25, -0.2) is 4.39 Å². The third-order valence-corrected chi connectivity index (χ3v) is 8.94. The quantitative estimate of drug-likeness (QED) is 0.315. The summed E-state index contributed by atoms with van der Waals surface area (Å²) in [5.41, 5.74) is 3.70. The standard InChI is InChI=1S/C35H41ClFN5O3/c1-23(2)33(43)39-22-32(28-9-5-6-10-29(28)37)41-15-17-42(18-16-41)35(45)31(19-24-11-13-27(36)14-12-24)40-34(44)30-20-25-7-3-4-8-26(25)21-38-30/h3-14,23,30-32,38H,15-22H2,1-2H3,(H,39,43)(H,40,44)/t30-,31-,32?/m1/s1. The summed E-state index contributed by atoms with van der Waals surface area (Å²) in [5, 5.41) is 9.92. The first-order chi connectivity index (χ1) is 21.7. The lowest BCUT2D eigenvalue weighted by molar-refractivity contribution is -0.138. The predicted molar refractivity (Wildman–Crippen MR) is 173 cm³/mol. The molecule has 1 saturated heterocycles. The van der Waals surface area contributed by atoms with E-state index in [1.165, 1.54) is 11.6 Å². The number of amides is 3. The van der Waals surface area contributed by atoms with Gasteiger partial charge < -0.3 is 20.9 Å². The van der Waals surface area contributed by atoms with Crippen LogP contribution >= 0.6 is 11.6 Å². The second-order valence-corrected chi connectivity index (χ2v) is 12.5. The molecule has 0 aliphatic carbocycles. The lowest BCUT2D eigenvalue weighted by atomic mass is 9.95. The highest BCUT2D eigenvalue weighted by atomic mass is 35.5. The van der Waals surface area contributed by atoms with E-state index in [9.17, 15) is 18.8 Å². The monoisotopic (exact) mass is 633 g/mol. The summed E-state index contributed by atoms with van der Waals surface area (Å²) in [5.74, 6) is -0.987. The van der Waals surface area contributed by atoms with E-state index in [1.807, 2.05) is 44.2 Å². The Bertz CT molecular complexity index is 1490. The van der Waals surface area contributed by atoms with Gasteiger partial charge in [0.1, 0.15) is 11.9 Å². The van der Waals surface area contributed by atoms with Crippen molar-refractivity contribution >= 4 is 29.3 Å². The van der Waals surface area contributed by atoms with E-state index in [-0.39, 0.29) is 42.0 Å². The molecule has 3 atom stereocenters. The molecule has 0 spiro atoms. The number of carbonyl (C=O) groups is 3. The van der Waals surface area contributed by atoms with Crippen LogP contribution in [0.15, 0.2) is 72.8 Å². The fourth-order valence-electron chi connectivity index (χ4n) is 6.03. The highest BCUT2D eigenvalue weighted by Gasteiger charge is 2.34. The second-order valence-electron chi connectivity index (χ2n) is 12.1. The minimum atomic E-state index is -0.767. The Morgan fingerprint density at radius 1 is 0.933 bits per heavy atom. The van der Waals surface area contributed by atoms with Gasteiger partial charge in [-0.15, -0.1) is 0 Å². The third-order valence-electron chi connectivity index (χ3n) is 8.69. The van der Waals surface area contributed by atoms with Gasteiger partial charge in [0.25, 0.3) is 0 Å². The summed E-state index contributed by atoms with van der Waals surface area (Å²) in [6.45, 7) is 6.29. The minimum Gasteiger partial charge on any atom is -0.354 e. The van der Waals surface area contributed by atoms with Crippen molar-refractivity contribution in [3.8, 4) is 0 Å². The van der Waals surface area contributed by atoms with Gasteiger partial charge in [0.15, 0.2) is 0 Å². The fourth-order valence-corrected chi connectivity index (χ4v) is 6.15. The predicted octanol–water partition coefficient (Wildman–Crippen LogP) is 3.88. The largest absolute Gasteiger partial charge is 0.354 e. The van der Waals surface area contributed by atoms with Crippen molar-refractivity contribution in [2.45, 2.75) is 51.4 Å². The SMILES string of the molecule is CC(C)C(=O)NCC(c1ccccc1F)N1CCN(C(=O)[C@@H](Cc2ccc(Cl)cc2)NC(=O)[C@H]2Cc3ccccc3CN2)CC1. The number of nitrogens with one attached hydrogen (secondary N) is 3. The molecule has 0 bridgehead atoms. The molecule has 2 aliphatic heterocycles. The Morgan fingerprint density at radius 3 is 2.29 bits per heavy atom. The van der Waals surface area contributed by atoms with Gasteiger partial charge in [0.2, 0.25) is 17.7 Å². The van der Waals surface area contributed by atoms with Crippen molar-refractivity contribution in [3.05, 3.63) is 106 Å². The van der Waals surface area contributed by atoms with Crippen LogP contribution in [-0.4, -0.2) is 72.3 Å². The summed E-state index contributed by atoms with van der Waals surface area (Å²) in [7, 11) is 0. The summed E-state index contributed by atoms with van der Waals surface area (Å²) in [4.78, 5) is 43.8. The van der Waals surface area contributed by atoms with E-state index in [1.54, 1.807) is 35.2 Å². The van der Waals surface area contributed by atoms with Crippen LogP contribution in [0.2, 0.25) is 5.02 Å². The molecule has 3 aromatic carbocycles. The third kappa shape index (κ3) is 8.28. The maximum atomic E-state index is 14.9. The highest BCUT2D eigenvalue weighted by molar-refractivity contribution is 6.30. The van der Waals surface area contributed by atoms with E-state index >= 15 is 0 Å². The van der Waals surface area contributed by atoms with Gasteiger partial charge in [0, 0.05) is 62.2 Å². The molecular formula is C35H41ClFN5O3. The molecule has 0 saturated carbocycles. The molecule has 3 N–H and O–H groups in total. The molecule has 8 nitrogen and oxygen atoms in total. The number of hydrogen-bond donors (Lipinski definition) is 3. The van der Waals surface area contributed by atoms with Crippen molar-refractivity contribution in [1.29, 1.82) is 0 Å². The van der Waals surface area contributed by atoms with Crippen LogP contribution in [0.4, 0.5) is 4.39 Å². The van der Waals surface area contributed by atoms with E-state index in [0.29, 0.717) is 56.2 Å². The number of hydrogen-bond acceptors (Lipinski definition) is 5. The van der Waals surface area contributed by atoms with E-state index < -0.39 is 12.1 Å². The van der Waals surface area contributed by atoms with Crippen LogP contribution in [-0.2, 0) is 33.8 Å². The highest BCUT2D eigenvalue weighted by Crippen LogP contribution is 2.25. The molecular weight excluding hydrogens is 593 g/mol. The number of halogens is 2. The smallest absolute Gasteiger partial charge is 0.245 e. The normalized spacial score (nSPS) is 18.2. The number of fused-ring (bicyclic) bond motifs is 1. The summed E-state index contributed by atoms with van der Waals surface area (Å²) in [6.07, 6.45) is 0.873. The fraction of sp³-hybridized carbons (Fsp3) is 0.400. The van der Waals surface area contributed by atoms with Crippen molar-refractivity contribution in [3.63, 3.8) is 0 Å². The maximum absolute atomic E-state index is 14.9. The van der Waals surface area contributed by atoms with Crippen LogP contribution in [0.1, 0.15) is 42.1 Å². The molecule has 238 valence electrons. The van der Waals surface area contributed by atoms with Gasteiger partial charge in [-0.3, -0.25) is 19.3 Å². The molecule has 0 aromatic heterocycles. The zero-order valence-electron chi connectivity index (χ0n) is 25.8. The topological polar surface area (TPSA) is 93.8 Å². The van der Waals surface area contributed by atoms with Gasteiger partial charge in [0.05, 0.1) is 12.1 Å². The van der Waals surface area contributed by atoms with Crippen LogP contribution in [0.5, 0.6) is 0 Å². The van der Waals surface area contributed by atoms with E-state index in [4.69, 9.17) is 11.6 Å². The molecule has 3 aromatic rings. The number of piperazine rings is 1. The first-order valence-electron chi connectivity index (χ1n) is 15.6. The van der Waals surface area contributed by atoms with Gasteiger partial charge in [-0.2, -0.15) is 0 Å². The average Bonchev–Trinajstić information content (AvgIpc) is 3.05. The summed E-state index contributed by atoms with van der Waals surface area (Å²) >= 11 is 6.10. The van der Waals surface area contributed by atoms with E-state index in [0.717, 1.165) is 11.1 Å². The van der Waals surface area contributed by atoms with Crippen LogP contribution in [0.3, 0.4) is 0 Å². The first kappa shape index (κ1) is 32.6. The minimum absolute atomic E-state index is 0.0955. The van der Waals surface area contributed by atoms with Crippen molar-refractivity contribution in [2.24, 2.45) is 5.92 Å². The summed E-state index contributed by atoms with van der Waals surface area (Å²) in [6, 6.07) is 20.4. The van der Waals surface area contributed by atoms with Crippen molar-refractivity contribution < 1.29 is 18.8 Å². The van der Waals surface area contributed by atoms with Gasteiger partial charge in [-0.1, -0.05) is 80.0 Å². The zero-order valence-corrected chi connectivity index (χ0v) is 26.5. The Labute approximate surface area is 269 Å². The lowest BCUT2D eigenvalue weighted by Gasteiger charge is -2.41. The van der Waals surface area contributed by atoms with Crippen LogP contribution in [0, 0.1) is 11.7 Å². The maximum Gasteiger partial charge on any atom is 0.245 e. The number of carbonyl (C=O) groups excluding carboxylic acids is 3. The number of rotatable bonds is 10. The molecule has 10 heteroatoms.